The molecule has 3 aromatic rings. The van der Waals surface area contributed by atoms with E-state index in [-0.39, 0.29) is 31.3 Å². The molecule has 370 valence electrons. The maximum absolute atomic E-state index is 15.6. The van der Waals surface area contributed by atoms with Gasteiger partial charge in [0.2, 0.25) is 11.5 Å². The molecule has 3 fully saturated rings. The average Bonchev–Trinajstić information content (AvgIpc) is 3.98. The summed E-state index contributed by atoms with van der Waals surface area (Å²) in [6, 6.07) is 11.5. The Bertz CT molecular complexity index is 2520. The normalized spacial score (nSPS) is 33.1. The molecule has 68 heavy (non-hydrogen) atoms. The minimum atomic E-state index is -2.93. The Balaban J connectivity index is 1.39. The maximum atomic E-state index is 15.6. The summed E-state index contributed by atoms with van der Waals surface area (Å²) in [5.41, 5.74) is -0.338. The molecule has 1 N–H and O–H groups in total. The van der Waals surface area contributed by atoms with E-state index in [0.29, 0.717) is 62.4 Å². The number of nitrogens with zero attached hydrogens (tertiary/aromatic N) is 3. The van der Waals surface area contributed by atoms with Crippen LogP contribution in [0.15, 0.2) is 42.5 Å². The van der Waals surface area contributed by atoms with Crippen molar-refractivity contribution in [3.8, 4) is 5.75 Å². The van der Waals surface area contributed by atoms with Crippen molar-refractivity contribution in [3.63, 3.8) is 0 Å². The van der Waals surface area contributed by atoms with Gasteiger partial charge in [0.1, 0.15) is 11.2 Å². The predicted octanol–water partition coefficient (Wildman–Crippen LogP) is 8.76. The Labute approximate surface area is 414 Å². The van der Waals surface area contributed by atoms with Gasteiger partial charge < -0.3 is 38.2 Å². The van der Waals surface area contributed by atoms with Crippen molar-refractivity contribution in [3.05, 3.63) is 68.4 Å². The van der Waals surface area contributed by atoms with E-state index in [4.69, 9.17) is 23.4 Å². The molecule has 5 aliphatic heterocycles. The van der Waals surface area contributed by atoms with Crippen LogP contribution in [0.4, 0.5) is 14.5 Å². The molecule has 2 aromatic carbocycles. The van der Waals surface area contributed by atoms with Gasteiger partial charge in [-0.1, -0.05) is 39.8 Å². The first kappa shape index (κ1) is 49.4. The molecular weight excluding hydrogens is 1000 g/mol. The highest BCUT2D eigenvalue weighted by atomic mass is 127. The minimum absolute atomic E-state index is 0.180. The highest BCUT2D eigenvalue weighted by Gasteiger charge is 2.82. The molecule has 1 saturated carbocycles. The molecule has 1 aliphatic carbocycles. The predicted molar refractivity (Wildman–Crippen MR) is 268 cm³/mol. The topological polar surface area (TPSA) is 123 Å². The summed E-state index contributed by atoms with van der Waals surface area (Å²) in [5.74, 6) is -5.33. The van der Waals surface area contributed by atoms with Crippen LogP contribution < -0.4 is 9.64 Å². The van der Waals surface area contributed by atoms with E-state index in [1.807, 2.05) is 25.2 Å². The number of aromatic nitrogens is 1. The fourth-order valence-electron chi connectivity index (χ4n) is 14.9. The van der Waals surface area contributed by atoms with E-state index in [2.05, 4.69) is 94.3 Å². The van der Waals surface area contributed by atoms with Gasteiger partial charge in [0.25, 0.3) is 0 Å². The second-order valence-electron chi connectivity index (χ2n) is 20.8. The quantitative estimate of drug-likeness (QED) is 0.0616. The summed E-state index contributed by atoms with van der Waals surface area (Å²) < 4.78 is 65.2. The van der Waals surface area contributed by atoms with Gasteiger partial charge in [-0.3, -0.25) is 14.5 Å². The highest BCUT2D eigenvalue weighted by Crippen LogP contribution is 2.69. The van der Waals surface area contributed by atoms with Gasteiger partial charge >= 0.3 is 17.9 Å². The van der Waals surface area contributed by atoms with Crippen molar-refractivity contribution in [2.75, 3.05) is 66.0 Å². The molecule has 1 spiro atoms. The lowest BCUT2D eigenvalue weighted by Gasteiger charge is -2.65. The Kier molecular flexibility index (Phi) is 12.8. The number of hydrogen-bond donors (Lipinski definition) is 1. The Morgan fingerprint density at radius 1 is 0.956 bits per heavy atom. The van der Waals surface area contributed by atoms with E-state index < -0.39 is 72.1 Å². The Hall–Kier alpha value is -3.58. The van der Waals surface area contributed by atoms with E-state index in [0.717, 1.165) is 56.3 Å². The fourth-order valence-corrected chi connectivity index (χ4v) is 18.3. The first-order chi connectivity index (χ1) is 32.3. The molecule has 10 atom stereocenters. The number of hydrogen-bond acceptors (Lipinski definition) is 11. The van der Waals surface area contributed by atoms with Gasteiger partial charge in [-0.25, -0.2) is 13.6 Å². The van der Waals surface area contributed by atoms with Gasteiger partial charge in [0.05, 0.1) is 27.4 Å². The first-order valence-corrected chi connectivity index (χ1v) is 28.3. The number of fused-ring (bicyclic) bond motifs is 6. The third-order valence-electron chi connectivity index (χ3n) is 17.9. The molecule has 0 radical (unpaired) electrons. The molecule has 6 unspecified atom stereocenters. The standard InChI is InChI=1S/C52H69F2IN4O8Si/c1-11-49-19-15-21-59-23-20-50(43(49)59)37-26-38(41(63-8)27-40(37)57(7)44(50)52(47(62)65-10,45(49)66-31(5)60)67-68(12-2,13-3)14-4)51(46(61)64-9)28-32-24-33(48(6,53)54)30-58(29-32)22-18-35-36-25-34(55)16-17-39(36)56-42(35)51/h15-17,19,25-27,32-33,43-45,56H,11-14,18,20-24,28-30H2,1-10H3/t32?,33?,43?,44?,45-,49-,50?,51-,52+/m0/s1. The number of H-pyrrole nitrogens is 1. The Morgan fingerprint density at radius 2 is 1.68 bits per heavy atom. The Morgan fingerprint density at radius 3 is 2.31 bits per heavy atom. The zero-order valence-corrected chi connectivity index (χ0v) is 44.5. The van der Waals surface area contributed by atoms with Gasteiger partial charge in [0, 0.05) is 100 Å². The van der Waals surface area contributed by atoms with Crippen molar-refractivity contribution in [1.29, 1.82) is 0 Å². The summed E-state index contributed by atoms with van der Waals surface area (Å²) in [6.07, 6.45) is 5.32. The van der Waals surface area contributed by atoms with Crippen molar-refractivity contribution in [2.45, 2.75) is 132 Å². The van der Waals surface area contributed by atoms with Crippen LogP contribution in [-0.4, -0.2) is 132 Å². The number of aromatic amines is 1. The lowest BCUT2D eigenvalue weighted by atomic mass is 9.47. The van der Waals surface area contributed by atoms with Crippen LogP contribution in [0.25, 0.3) is 10.9 Å². The van der Waals surface area contributed by atoms with E-state index >= 15 is 18.4 Å². The number of anilines is 1. The van der Waals surface area contributed by atoms with Crippen LogP contribution in [0.5, 0.6) is 5.75 Å². The number of benzene rings is 2. The molecule has 9 rings (SSSR count). The third kappa shape index (κ3) is 6.92. The molecule has 6 heterocycles. The lowest BCUT2D eigenvalue weighted by molar-refractivity contribution is -0.224. The number of halogens is 3. The van der Waals surface area contributed by atoms with E-state index in [1.54, 1.807) is 7.11 Å². The van der Waals surface area contributed by atoms with Crippen LogP contribution in [0, 0.1) is 20.8 Å². The van der Waals surface area contributed by atoms with E-state index in [1.165, 1.54) is 21.1 Å². The number of rotatable bonds is 12. The lowest BCUT2D eigenvalue weighted by Crippen LogP contribution is -2.83. The number of methoxy groups -OCH3 is 3. The van der Waals surface area contributed by atoms with Crippen LogP contribution in [-0.2, 0) is 50.3 Å². The number of carbonyl (C=O) groups is 3. The summed E-state index contributed by atoms with van der Waals surface area (Å²) in [4.78, 5) is 55.4. The number of piperidine rings is 1. The molecule has 12 nitrogen and oxygen atoms in total. The monoisotopic (exact) mass is 1070 g/mol. The number of alkyl halides is 2. The smallest absolute Gasteiger partial charge is 0.343 e. The number of ether oxygens (including phenoxy) is 4. The summed E-state index contributed by atoms with van der Waals surface area (Å²) in [7, 11) is 3.62. The molecule has 2 saturated heterocycles. The van der Waals surface area contributed by atoms with Gasteiger partial charge in [-0.15, -0.1) is 0 Å². The number of esters is 3. The number of likely N-dealkylation sites (N-methyl/N-ethyl adjacent to an activating group) is 1. The average molecular weight is 1070 g/mol. The first-order valence-electron chi connectivity index (χ1n) is 24.7. The maximum Gasteiger partial charge on any atom is 0.343 e. The van der Waals surface area contributed by atoms with Gasteiger partial charge in [0.15, 0.2) is 14.4 Å². The molecule has 16 heteroatoms. The van der Waals surface area contributed by atoms with Crippen molar-refractivity contribution in [2.24, 2.45) is 17.3 Å². The van der Waals surface area contributed by atoms with Crippen LogP contribution in [0.1, 0.15) is 89.6 Å². The molecule has 2 bridgehead atoms. The largest absolute Gasteiger partial charge is 0.496 e. The highest BCUT2D eigenvalue weighted by molar-refractivity contribution is 14.1. The number of carbonyl (C=O) groups excluding carboxylic acids is 3. The molecule has 1 aromatic heterocycles. The summed E-state index contributed by atoms with van der Waals surface area (Å²) in [6.45, 7) is 13.6. The van der Waals surface area contributed by atoms with Crippen molar-refractivity contribution < 1.29 is 46.5 Å². The second-order valence-corrected chi connectivity index (χ2v) is 26.7. The third-order valence-corrected chi connectivity index (χ3v) is 23.2. The van der Waals surface area contributed by atoms with Gasteiger partial charge in [-0.2, -0.15) is 0 Å². The SMILES string of the molecule is CC[C@@]12C=CCN3CCC4(c5cc([C@@]6(C(=O)OC)CC7CC(C(C)(F)F)CN(CCc8c6[nH]c6ccc(I)cc86)C7)c(OC)cc5N(C)C4[C@](O[Si](CC)(CC)CC)(C(=O)OC)[C@H]1OC(C)=O)C32. The minimum Gasteiger partial charge on any atom is -0.496 e. The second kappa shape index (κ2) is 17.6. The number of nitrogens with one attached hydrogen (secondary N) is 1. The van der Waals surface area contributed by atoms with Gasteiger partial charge in [-0.05, 0) is 128 Å². The molecule has 6 aliphatic rings. The fraction of sp³-hybridized carbons (Fsp3) is 0.635. The zero-order valence-electron chi connectivity index (χ0n) is 41.4. The molecular formula is C52H69F2IN4O8Si. The summed E-state index contributed by atoms with van der Waals surface area (Å²) >= 11 is 2.31. The van der Waals surface area contributed by atoms with Crippen LogP contribution >= 0.6 is 22.6 Å². The molecule has 0 amide bonds. The van der Waals surface area contributed by atoms with Crippen LogP contribution in [0.3, 0.4) is 0 Å². The van der Waals surface area contributed by atoms with Crippen molar-refractivity contribution >= 4 is 65.4 Å². The van der Waals surface area contributed by atoms with Crippen LogP contribution in [0.2, 0.25) is 18.1 Å². The van der Waals surface area contributed by atoms with E-state index in [9.17, 15) is 4.79 Å². The van der Waals surface area contributed by atoms with Crippen molar-refractivity contribution in [1.82, 2.24) is 14.8 Å². The summed E-state index contributed by atoms with van der Waals surface area (Å²) in [5, 5.41) is 0.973. The zero-order chi connectivity index (χ0) is 48.9.